The first-order valence-corrected chi connectivity index (χ1v) is 6.59. The molecule has 13 heavy (non-hydrogen) atoms. The molecule has 0 spiro atoms. The fourth-order valence-electron chi connectivity index (χ4n) is 1.09. The zero-order chi connectivity index (χ0) is 9.45. The molecule has 0 fully saturated rings. The summed E-state index contributed by atoms with van der Waals surface area (Å²) in [5.74, 6) is 0. The summed E-state index contributed by atoms with van der Waals surface area (Å²) < 4.78 is 16.7. The molecular formula is C8H24O3Si2. The molecule has 0 aliphatic rings. The van der Waals surface area contributed by atoms with Gasteiger partial charge in [-0.25, -0.2) is 0 Å². The van der Waals surface area contributed by atoms with Gasteiger partial charge in [-0.2, -0.15) is 0 Å². The van der Waals surface area contributed by atoms with Crippen molar-refractivity contribution in [2.75, 3.05) is 19.8 Å². The molecule has 0 aromatic rings. The Kier molecular flexibility index (Phi) is 10.8. The van der Waals surface area contributed by atoms with Gasteiger partial charge < -0.3 is 13.3 Å². The van der Waals surface area contributed by atoms with E-state index in [9.17, 15) is 0 Å². The number of rotatable bonds is 7. The molecule has 0 bridgehead atoms. The van der Waals surface area contributed by atoms with Gasteiger partial charge in [0.15, 0.2) is 0 Å². The summed E-state index contributed by atoms with van der Waals surface area (Å²) >= 11 is 0. The molecule has 0 rings (SSSR count). The van der Waals surface area contributed by atoms with Crippen molar-refractivity contribution in [2.24, 2.45) is 0 Å². The molecule has 0 heterocycles. The predicted octanol–water partition coefficient (Wildman–Crippen LogP) is 0.603. The molecule has 0 aromatic heterocycles. The highest BCUT2D eigenvalue weighted by atomic mass is 28.4. The van der Waals surface area contributed by atoms with E-state index in [2.05, 4.69) is 0 Å². The lowest BCUT2D eigenvalue weighted by Gasteiger charge is -2.26. The van der Waals surface area contributed by atoms with Gasteiger partial charge in [-0.3, -0.25) is 0 Å². The first kappa shape index (κ1) is 15.8. The van der Waals surface area contributed by atoms with Crippen LogP contribution in [0.3, 0.4) is 0 Å². The van der Waals surface area contributed by atoms with Crippen LogP contribution < -0.4 is 0 Å². The van der Waals surface area contributed by atoms with Crippen molar-refractivity contribution in [3.8, 4) is 0 Å². The summed E-state index contributed by atoms with van der Waals surface area (Å²) in [5, 5.41) is 0. The summed E-state index contributed by atoms with van der Waals surface area (Å²) in [6.07, 6.45) is 0. The smallest absolute Gasteiger partial charge is 0.374 e. The van der Waals surface area contributed by atoms with Crippen molar-refractivity contribution in [3.05, 3.63) is 0 Å². The minimum Gasteiger partial charge on any atom is -0.374 e. The van der Waals surface area contributed by atoms with E-state index in [0.717, 1.165) is 6.04 Å². The van der Waals surface area contributed by atoms with Crippen molar-refractivity contribution in [1.82, 2.24) is 0 Å². The fourth-order valence-corrected chi connectivity index (χ4v) is 3.27. The van der Waals surface area contributed by atoms with Gasteiger partial charge in [-0.05, 0) is 31.7 Å². The minimum atomic E-state index is -2.27. The first-order valence-electron chi connectivity index (χ1n) is 4.66. The lowest BCUT2D eigenvalue weighted by molar-refractivity contribution is 0.0725. The van der Waals surface area contributed by atoms with Gasteiger partial charge in [-0.1, -0.05) is 6.92 Å². The zero-order valence-corrected chi connectivity index (χ0v) is 9.55. The first-order chi connectivity index (χ1) is 5.74. The van der Waals surface area contributed by atoms with E-state index >= 15 is 0 Å². The molecular weight excluding hydrogens is 200 g/mol. The van der Waals surface area contributed by atoms with E-state index in [-0.39, 0.29) is 11.0 Å². The Morgan fingerprint density at radius 3 is 1.23 bits per heavy atom. The number of hydrogen-bond donors (Lipinski definition) is 0. The Bertz CT molecular complexity index is 94.5. The molecule has 0 aliphatic carbocycles. The van der Waals surface area contributed by atoms with Crippen molar-refractivity contribution >= 4 is 19.8 Å². The summed E-state index contributed by atoms with van der Waals surface area (Å²) in [4.78, 5) is 0. The van der Waals surface area contributed by atoms with Gasteiger partial charge in [-0.15, -0.1) is 0 Å². The van der Waals surface area contributed by atoms with E-state index in [0.29, 0.717) is 19.8 Å². The van der Waals surface area contributed by atoms with Gasteiger partial charge in [0, 0.05) is 25.9 Å². The molecule has 0 aliphatic heterocycles. The minimum absolute atomic E-state index is 0. The Labute approximate surface area is 87.2 Å². The third-order valence-electron chi connectivity index (χ3n) is 1.53. The Hall–Kier alpha value is 0.314. The Balaban J connectivity index is 0. The summed E-state index contributed by atoms with van der Waals surface area (Å²) in [6, 6.07) is 0.850. The quantitative estimate of drug-likeness (QED) is 0.593. The van der Waals surface area contributed by atoms with Crippen LogP contribution >= 0.6 is 0 Å². The molecule has 82 valence electrons. The van der Waals surface area contributed by atoms with E-state index < -0.39 is 8.80 Å². The maximum atomic E-state index is 5.55. The largest absolute Gasteiger partial charge is 0.500 e. The normalized spacial score (nSPS) is 11.1. The molecule has 0 aromatic carbocycles. The topological polar surface area (TPSA) is 27.7 Å². The van der Waals surface area contributed by atoms with Crippen molar-refractivity contribution < 1.29 is 13.3 Å². The van der Waals surface area contributed by atoms with Crippen LogP contribution in [0.25, 0.3) is 0 Å². The second kappa shape index (κ2) is 8.89. The molecule has 0 saturated carbocycles. The monoisotopic (exact) mass is 224 g/mol. The molecule has 0 radical (unpaired) electrons. The van der Waals surface area contributed by atoms with Crippen LogP contribution in [0.4, 0.5) is 0 Å². The van der Waals surface area contributed by atoms with Crippen LogP contribution in [0.2, 0.25) is 6.04 Å². The molecule has 0 atom stereocenters. The predicted molar refractivity (Wildman–Crippen MR) is 62.4 cm³/mol. The second-order valence-electron chi connectivity index (χ2n) is 2.34. The van der Waals surface area contributed by atoms with Gasteiger partial charge in [0.2, 0.25) is 0 Å². The molecule has 0 saturated heterocycles. The summed E-state index contributed by atoms with van der Waals surface area (Å²) in [5.41, 5.74) is 0. The Morgan fingerprint density at radius 2 is 1.08 bits per heavy atom. The Morgan fingerprint density at radius 1 is 0.769 bits per heavy atom. The average Bonchev–Trinajstić information content (AvgIpc) is 2.06. The summed E-state index contributed by atoms with van der Waals surface area (Å²) in [7, 11) is -2.27. The third-order valence-corrected chi connectivity index (χ3v) is 4.58. The van der Waals surface area contributed by atoms with Gasteiger partial charge in [0.1, 0.15) is 0 Å². The molecule has 5 heteroatoms. The van der Waals surface area contributed by atoms with Crippen LogP contribution in [0.5, 0.6) is 0 Å². The van der Waals surface area contributed by atoms with Crippen LogP contribution in [0.1, 0.15) is 27.7 Å². The molecule has 0 N–H and O–H groups in total. The maximum absolute atomic E-state index is 5.55. The highest BCUT2D eigenvalue weighted by Crippen LogP contribution is 2.14. The van der Waals surface area contributed by atoms with Crippen LogP contribution in [0, 0.1) is 0 Å². The van der Waals surface area contributed by atoms with Gasteiger partial charge >= 0.3 is 8.80 Å². The van der Waals surface area contributed by atoms with Gasteiger partial charge in [0.05, 0.1) is 0 Å². The van der Waals surface area contributed by atoms with E-state index in [1.165, 1.54) is 0 Å². The maximum Gasteiger partial charge on any atom is 0.500 e. The SMILES string of the molecule is CCO[Si](CC)(OCC)OCC.[SiH4]. The van der Waals surface area contributed by atoms with Crippen molar-refractivity contribution in [2.45, 2.75) is 33.7 Å². The molecule has 3 nitrogen and oxygen atoms in total. The lowest BCUT2D eigenvalue weighted by atomic mass is 10.9. The van der Waals surface area contributed by atoms with E-state index in [1.54, 1.807) is 0 Å². The van der Waals surface area contributed by atoms with E-state index in [1.807, 2.05) is 27.7 Å². The van der Waals surface area contributed by atoms with Gasteiger partial charge in [0.25, 0.3) is 0 Å². The van der Waals surface area contributed by atoms with Crippen LogP contribution in [-0.2, 0) is 13.3 Å². The summed E-state index contributed by atoms with van der Waals surface area (Å²) in [6.45, 7) is 9.95. The highest BCUT2D eigenvalue weighted by Gasteiger charge is 2.37. The zero-order valence-electron chi connectivity index (χ0n) is 8.55. The molecule has 0 unspecified atom stereocenters. The lowest BCUT2D eigenvalue weighted by Crippen LogP contribution is -2.45. The standard InChI is InChI=1S/C8H20O3Si.H4Si/c1-5-9-12(8-4,10-6-2)11-7-3;/h5-8H2,1-4H3;1H4. The third kappa shape index (κ3) is 5.59. The van der Waals surface area contributed by atoms with Crippen LogP contribution in [-0.4, -0.2) is 39.6 Å². The van der Waals surface area contributed by atoms with E-state index in [4.69, 9.17) is 13.3 Å². The van der Waals surface area contributed by atoms with Crippen molar-refractivity contribution in [3.63, 3.8) is 0 Å². The second-order valence-corrected chi connectivity index (χ2v) is 5.27. The van der Waals surface area contributed by atoms with Crippen LogP contribution in [0.15, 0.2) is 0 Å². The van der Waals surface area contributed by atoms with Crippen molar-refractivity contribution in [1.29, 1.82) is 0 Å². The number of hydrogen-bond acceptors (Lipinski definition) is 3. The highest BCUT2D eigenvalue weighted by molar-refractivity contribution is 6.60. The molecule has 0 amide bonds. The fraction of sp³-hybridized carbons (Fsp3) is 1.00. The average molecular weight is 224 g/mol.